The van der Waals surface area contributed by atoms with Gasteiger partial charge in [0.2, 0.25) is 0 Å². The van der Waals surface area contributed by atoms with Crippen LogP contribution in [0.5, 0.6) is 0 Å². The van der Waals surface area contributed by atoms with Crippen LogP contribution >= 0.6 is 11.6 Å². The van der Waals surface area contributed by atoms with Crippen LogP contribution in [-0.2, 0) is 4.74 Å². The third-order valence-electron chi connectivity index (χ3n) is 4.61. The van der Waals surface area contributed by atoms with Gasteiger partial charge < -0.3 is 14.8 Å². The Balaban J connectivity index is 1.88. The van der Waals surface area contributed by atoms with Crippen molar-refractivity contribution < 1.29 is 14.8 Å². The molecule has 1 unspecified atom stereocenters. The molecule has 2 heterocycles. The maximum Gasteiger partial charge on any atom is 0.489 e. The van der Waals surface area contributed by atoms with Crippen LogP contribution in [0.3, 0.4) is 0 Å². The van der Waals surface area contributed by atoms with Crippen molar-refractivity contribution in [1.82, 2.24) is 9.78 Å². The van der Waals surface area contributed by atoms with E-state index in [1.54, 1.807) is 6.20 Å². The molecule has 0 bridgehead atoms. The maximum absolute atomic E-state index is 9.85. The summed E-state index contributed by atoms with van der Waals surface area (Å²) in [5.41, 5.74) is 2.18. The Hall–Kier alpha value is -1.08. The molecule has 1 aromatic heterocycles. The van der Waals surface area contributed by atoms with Crippen molar-refractivity contribution in [2.45, 2.75) is 44.2 Å². The Bertz CT molecular complexity index is 708. The van der Waals surface area contributed by atoms with Gasteiger partial charge in [-0.05, 0) is 55.1 Å². The molecule has 1 aliphatic carbocycles. The van der Waals surface area contributed by atoms with Crippen LogP contribution in [0.15, 0.2) is 12.3 Å². The summed E-state index contributed by atoms with van der Waals surface area (Å²) < 4.78 is 7.62. The molecule has 1 aromatic carbocycles. The minimum Gasteiger partial charge on any atom is -0.423 e. The predicted molar refractivity (Wildman–Crippen MR) is 85.4 cm³/mol. The molecule has 1 atom stereocenters. The average Bonchev–Trinajstić information content (AvgIpc) is 3.26. The van der Waals surface area contributed by atoms with Gasteiger partial charge in [0, 0.05) is 17.0 Å². The highest BCUT2D eigenvalue weighted by atomic mass is 35.5. The molecule has 1 aliphatic heterocycles. The summed E-state index contributed by atoms with van der Waals surface area (Å²) in [5.74, 6) is 0.336. The summed E-state index contributed by atoms with van der Waals surface area (Å²) in [4.78, 5) is 0. The van der Waals surface area contributed by atoms with Gasteiger partial charge in [0.25, 0.3) is 0 Å². The van der Waals surface area contributed by atoms with Crippen LogP contribution in [0.25, 0.3) is 10.9 Å². The molecular formula is C15H18BClN2O3. The van der Waals surface area contributed by atoms with E-state index in [9.17, 15) is 10.0 Å². The first-order valence-corrected chi connectivity index (χ1v) is 8.22. The summed E-state index contributed by atoms with van der Waals surface area (Å²) in [6, 6.07) is 1.89. The van der Waals surface area contributed by atoms with E-state index in [2.05, 4.69) is 5.10 Å². The number of nitrogens with zero attached hydrogens (tertiary/aromatic N) is 2. The lowest BCUT2D eigenvalue weighted by Crippen LogP contribution is -2.34. The first-order valence-electron chi connectivity index (χ1n) is 7.84. The van der Waals surface area contributed by atoms with E-state index in [1.807, 2.05) is 10.7 Å². The van der Waals surface area contributed by atoms with Gasteiger partial charge in [-0.15, -0.1) is 0 Å². The Morgan fingerprint density at radius 3 is 2.73 bits per heavy atom. The highest BCUT2D eigenvalue weighted by Gasteiger charge is 2.34. The predicted octanol–water partition coefficient (Wildman–Crippen LogP) is 1.95. The fourth-order valence-corrected chi connectivity index (χ4v) is 3.77. The van der Waals surface area contributed by atoms with Gasteiger partial charge in [0.05, 0.1) is 11.7 Å². The van der Waals surface area contributed by atoms with Gasteiger partial charge >= 0.3 is 7.12 Å². The average molecular weight is 321 g/mol. The lowest BCUT2D eigenvalue weighted by Gasteiger charge is -2.24. The molecular weight excluding hydrogens is 302 g/mol. The number of hydrogen-bond donors (Lipinski definition) is 2. The summed E-state index contributed by atoms with van der Waals surface area (Å²) in [7, 11) is -1.54. The van der Waals surface area contributed by atoms with E-state index < -0.39 is 7.12 Å². The Kier molecular flexibility index (Phi) is 3.65. The molecule has 5 nitrogen and oxygen atoms in total. The second-order valence-electron chi connectivity index (χ2n) is 6.18. The molecule has 2 N–H and O–H groups in total. The van der Waals surface area contributed by atoms with E-state index in [0.29, 0.717) is 16.4 Å². The zero-order valence-electron chi connectivity index (χ0n) is 12.2. The third-order valence-corrected chi connectivity index (χ3v) is 4.92. The molecule has 0 radical (unpaired) electrons. The highest BCUT2D eigenvalue weighted by molar-refractivity contribution is 6.63. The minimum absolute atomic E-state index is 0.0993. The molecule has 1 saturated carbocycles. The molecule has 2 aliphatic rings. The first-order chi connectivity index (χ1) is 10.7. The minimum atomic E-state index is -1.54. The van der Waals surface area contributed by atoms with Crippen molar-refractivity contribution in [2.75, 3.05) is 6.61 Å². The maximum atomic E-state index is 9.85. The second kappa shape index (κ2) is 5.53. The third kappa shape index (κ3) is 2.34. The van der Waals surface area contributed by atoms with Gasteiger partial charge in [-0.3, -0.25) is 0 Å². The van der Waals surface area contributed by atoms with Crippen molar-refractivity contribution in [3.63, 3.8) is 0 Å². The molecule has 2 fully saturated rings. The van der Waals surface area contributed by atoms with E-state index in [1.165, 1.54) is 0 Å². The first kappa shape index (κ1) is 14.5. The van der Waals surface area contributed by atoms with Gasteiger partial charge in [-0.2, -0.15) is 5.10 Å². The SMILES string of the molecule is OB(O)c1c(C2CC2)c(Cl)cc2c1cnn2C1CCCCO1. The van der Waals surface area contributed by atoms with Crippen molar-refractivity contribution in [2.24, 2.45) is 0 Å². The zero-order chi connectivity index (χ0) is 15.3. The van der Waals surface area contributed by atoms with Crippen molar-refractivity contribution >= 4 is 35.1 Å². The quantitative estimate of drug-likeness (QED) is 0.848. The summed E-state index contributed by atoms with van der Waals surface area (Å²) in [5, 5.41) is 25.5. The summed E-state index contributed by atoms with van der Waals surface area (Å²) in [6.45, 7) is 0.732. The topological polar surface area (TPSA) is 67.5 Å². The molecule has 0 spiro atoms. The van der Waals surface area contributed by atoms with Crippen LogP contribution in [0, 0.1) is 0 Å². The Labute approximate surface area is 134 Å². The van der Waals surface area contributed by atoms with Crippen LogP contribution in [-0.4, -0.2) is 33.6 Å². The van der Waals surface area contributed by atoms with Crippen LogP contribution < -0.4 is 5.46 Å². The Morgan fingerprint density at radius 2 is 2.09 bits per heavy atom. The van der Waals surface area contributed by atoms with E-state index in [0.717, 1.165) is 55.2 Å². The number of aromatic nitrogens is 2. The van der Waals surface area contributed by atoms with Crippen molar-refractivity contribution in [3.05, 3.63) is 22.8 Å². The van der Waals surface area contributed by atoms with Gasteiger partial charge in [0.15, 0.2) is 6.23 Å². The molecule has 0 amide bonds. The lowest BCUT2D eigenvalue weighted by atomic mass is 9.74. The van der Waals surface area contributed by atoms with Crippen molar-refractivity contribution in [1.29, 1.82) is 0 Å². The lowest BCUT2D eigenvalue weighted by molar-refractivity contribution is -0.0366. The van der Waals surface area contributed by atoms with Gasteiger partial charge in [0.1, 0.15) is 0 Å². The monoisotopic (exact) mass is 320 g/mol. The standard InChI is InChI=1S/C15H18BClN2O3/c17-11-7-12-10(15(16(20)21)14(11)9-4-5-9)8-18-19(12)13-3-1-2-6-22-13/h7-9,13,20-21H,1-6H2. The zero-order valence-corrected chi connectivity index (χ0v) is 13.0. The molecule has 4 rings (SSSR count). The van der Waals surface area contributed by atoms with E-state index >= 15 is 0 Å². The fraction of sp³-hybridized carbons (Fsp3) is 0.533. The number of benzene rings is 1. The second-order valence-corrected chi connectivity index (χ2v) is 6.58. The molecule has 7 heteroatoms. The number of rotatable bonds is 3. The molecule has 116 valence electrons. The fourth-order valence-electron chi connectivity index (χ4n) is 3.41. The molecule has 22 heavy (non-hydrogen) atoms. The smallest absolute Gasteiger partial charge is 0.423 e. The summed E-state index contributed by atoms with van der Waals surface area (Å²) in [6.07, 6.45) is 6.78. The number of hydrogen-bond acceptors (Lipinski definition) is 4. The molecule has 2 aromatic rings. The highest BCUT2D eigenvalue weighted by Crippen LogP contribution is 2.43. The van der Waals surface area contributed by atoms with E-state index in [-0.39, 0.29) is 6.23 Å². The van der Waals surface area contributed by atoms with Crippen LogP contribution in [0.4, 0.5) is 0 Å². The largest absolute Gasteiger partial charge is 0.489 e. The Morgan fingerprint density at radius 1 is 1.27 bits per heavy atom. The molecule has 1 saturated heterocycles. The number of halogens is 1. The number of fused-ring (bicyclic) bond motifs is 1. The number of ether oxygens (including phenoxy) is 1. The van der Waals surface area contributed by atoms with Gasteiger partial charge in [-0.25, -0.2) is 4.68 Å². The normalized spacial score (nSPS) is 22.2. The van der Waals surface area contributed by atoms with Crippen LogP contribution in [0.1, 0.15) is 49.8 Å². The van der Waals surface area contributed by atoms with Crippen molar-refractivity contribution in [3.8, 4) is 0 Å². The summed E-state index contributed by atoms with van der Waals surface area (Å²) >= 11 is 6.45. The van der Waals surface area contributed by atoms with Gasteiger partial charge in [-0.1, -0.05) is 11.6 Å². The van der Waals surface area contributed by atoms with E-state index in [4.69, 9.17) is 16.3 Å². The van der Waals surface area contributed by atoms with Crippen LogP contribution in [0.2, 0.25) is 5.02 Å².